The summed E-state index contributed by atoms with van der Waals surface area (Å²) in [6.45, 7) is 4.48. The van der Waals surface area contributed by atoms with Crippen molar-refractivity contribution >= 4 is 29.1 Å². The Morgan fingerprint density at radius 3 is 2.72 bits per heavy atom. The van der Waals surface area contributed by atoms with E-state index in [0.29, 0.717) is 31.1 Å². The highest BCUT2D eigenvalue weighted by molar-refractivity contribution is 5.85. The summed E-state index contributed by atoms with van der Waals surface area (Å²) in [7, 11) is 1.53. The second-order valence-corrected chi connectivity index (χ2v) is 8.40. The highest BCUT2D eigenvalue weighted by Crippen LogP contribution is 2.33. The fraction of sp³-hybridized carbons (Fsp3) is 0.500. The maximum Gasteiger partial charge on any atom is 0.320 e. The number of fused-ring (bicyclic) bond motifs is 1. The van der Waals surface area contributed by atoms with E-state index in [1.807, 2.05) is 24.0 Å². The van der Waals surface area contributed by atoms with Crippen LogP contribution in [0.25, 0.3) is 16.7 Å². The van der Waals surface area contributed by atoms with Gasteiger partial charge in [-0.1, -0.05) is 0 Å². The van der Waals surface area contributed by atoms with Gasteiger partial charge in [-0.15, -0.1) is 12.4 Å². The number of nitrogens with zero attached hydrogens (tertiary/aromatic N) is 5. The molecule has 2 aliphatic rings. The quantitative estimate of drug-likeness (QED) is 0.616. The number of methoxy groups -OCH3 is 1. The normalized spacial score (nSPS) is 23.4. The van der Waals surface area contributed by atoms with Crippen LogP contribution in [0.15, 0.2) is 24.4 Å². The molecule has 2 saturated heterocycles. The Morgan fingerprint density at radius 2 is 2.00 bits per heavy atom. The number of hydrogen-bond donors (Lipinski definition) is 2. The van der Waals surface area contributed by atoms with Crippen molar-refractivity contribution in [2.45, 2.75) is 38.0 Å². The zero-order valence-corrected chi connectivity index (χ0v) is 19.0. The molecule has 4 heterocycles. The van der Waals surface area contributed by atoms with Crippen molar-refractivity contribution in [1.29, 1.82) is 0 Å². The second kappa shape index (κ2) is 9.17. The number of aliphatic hydroxyl groups excluding tert-OH is 1. The minimum absolute atomic E-state index is 0. The molecule has 3 atom stereocenters. The first-order valence-electron chi connectivity index (χ1n) is 10.7. The Balaban J connectivity index is 0.00000245. The summed E-state index contributed by atoms with van der Waals surface area (Å²) in [5.74, 6) is 1.14. The number of hydrogen-bond acceptors (Lipinski definition) is 7. The maximum atomic E-state index is 14.7. The van der Waals surface area contributed by atoms with E-state index in [9.17, 15) is 9.50 Å². The molecule has 0 aliphatic carbocycles. The average molecular weight is 463 g/mol. The summed E-state index contributed by atoms with van der Waals surface area (Å²) < 4.78 is 21.8. The number of aliphatic hydroxyl groups is 1. The fourth-order valence-electron chi connectivity index (χ4n) is 4.67. The molecule has 8 nitrogen and oxygen atoms in total. The number of aromatic nitrogens is 4. The van der Waals surface area contributed by atoms with Gasteiger partial charge in [0.25, 0.3) is 0 Å². The number of nitrogens with one attached hydrogen (secondary N) is 1. The lowest BCUT2D eigenvalue weighted by molar-refractivity contribution is 0.198. The number of aryl methyl sites for hydroxylation is 1. The third-order valence-electron chi connectivity index (χ3n) is 6.33. The molecule has 0 amide bonds. The van der Waals surface area contributed by atoms with E-state index >= 15 is 0 Å². The van der Waals surface area contributed by atoms with Crippen LogP contribution >= 0.6 is 12.4 Å². The summed E-state index contributed by atoms with van der Waals surface area (Å²) in [6, 6.07) is 6.22. The Labute approximate surface area is 192 Å². The molecule has 0 bridgehead atoms. The van der Waals surface area contributed by atoms with Gasteiger partial charge in [0.05, 0.1) is 24.9 Å². The molecule has 3 aromatic rings. The highest BCUT2D eigenvalue weighted by Gasteiger charge is 2.28. The fourth-order valence-corrected chi connectivity index (χ4v) is 4.67. The molecule has 172 valence electrons. The minimum Gasteiger partial charge on any atom is -0.467 e. The van der Waals surface area contributed by atoms with Crippen LogP contribution in [0.1, 0.15) is 29.9 Å². The van der Waals surface area contributed by atoms with E-state index in [4.69, 9.17) is 4.74 Å². The van der Waals surface area contributed by atoms with Crippen molar-refractivity contribution in [3.63, 3.8) is 0 Å². The molecule has 10 heteroatoms. The Kier molecular flexibility index (Phi) is 6.50. The number of halogens is 2. The van der Waals surface area contributed by atoms with Crippen LogP contribution in [0.4, 0.5) is 10.2 Å². The first kappa shape index (κ1) is 22.7. The summed E-state index contributed by atoms with van der Waals surface area (Å²) in [5, 5.41) is 18.6. The van der Waals surface area contributed by atoms with Gasteiger partial charge in [0.1, 0.15) is 12.0 Å². The van der Waals surface area contributed by atoms with E-state index in [2.05, 4.69) is 26.4 Å². The molecule has 32 heavy (non-hydrogen) atoms. The van der Waals surface area contributed by atoms with Crippen molar-refractivity contribution in [3.8, 4) is 11.8 Å². The summed E-state index contributed by atoms with van der Waals surface area (Å²) in [4.78, 5) is 11.0. The number of piperidine rings is 1. The van der Waals surface area contributed by atoms with Crippen molar-refractivity contribution in [2.75, 3.05) is 38.2 Å². The van der Waals surface area contributed by atoms with Gasteiger partial charge in [-0.05, 0) is 49.6 Å². The molecule has 0 unspecified atom stereocenters. The lowest BCUT2D eigenvalue weighted by atomic mass is 9.85. The molecule has 0 saturated carbocycles. The van der Waals surface area contributed by atoms with Crippen LogP contribution in [-0.4, -0.2) is 70.4 Å². The molecule has 1 aromatic carbocycles. The number of rotatable bonds is 4. The zero-order chi connectivity index (χ0) is 21.5. The predicted octanol–water partition coefficient (Wildman–Crippen LogP) is 2.54. The smallest absolute Gasteiger partial charge is 0.320 e. The first-order valence-corrected chi connectivity index (χ1v) is 10.7. The van der Waals surface area contributed by atoms with Gasteiger partial charge in [0.15, 0.2) is 5.82 Å². The van der Waals surface area contributed by atoms with Crippen LogP contribution in [-0.2, 0) is 0 Å². The SMILES string of the molecule is COc1nc(N2CC[C@@H](O)C2)cc(-n2ncc3cc(C)c([C@H]4CCNC[C@H]4F)cc32)n1.Cl. The lowest BCUT2D eigenvalue weighted by Crippen LogP contribution is -2.36. The van der Waals surface area contributed by atoms with E-state index < -0.39 is 6.17 Å². The van der Waals surface area contributed by atoms with E-state index in [1.165, 1.54) is 7.11 Å². The standard InChI is InChI=1S/C22H27FN6O2.ClH/c1-13-7-14-10-25-29(19(14)8-17(13)16-3-5-24-11-18(16)23)21-9-20(26-22(27-21)31-2)28-6-4-15(30)12-28;/h7-10,15-16,18,24,30H,3-6,11-12H2,1-2H3;1H/t15-,16-,18-;/m1./s1. The first-order chi connectivity index (χ1) is 15.0. The van der Waals surface area contributed by atoms with Gasteiger partial charge < -0.3 is 20.1 Å². The van der Waals surface area contributed by atoms with Crippen molar-refractivity contribution in [3.05, 3.63) is 35.5 Å². The molecule has 2 fully saturated rings. The lowest BCUT2D eigenvalue weighted by Gasteiger charge is -2.28. The highest BCUT2D eigenvalue weighted by atomic mass is 35.5. The third kappa shape index (κ3) is 4.12. The number of ether oxygens (including phenoxy) is 1. The van der Waals surface area contributed by atoms with E-state index in [1.54, 1.807) is 10.9 Å². The molecule has 5 rings (SSSR count). The largest absolute Gasteiger partial charge is 0.467 e. The van der Waals surface area contributed by atoms with Crippen molar-refractivity contribution in [2.24, 2.45) is 0 Å². The Bertz CT molecular complexity index is 1110. The third-order valence-corrected chi connectivity index (χ3v) is 6.33. The van der Waals surface area contributed by atoms with Crippen LogP contribution in [0.3, 0.4) is 0 Å². The van der Waals surface area contributed by atoms with Gasteiger partial charge in [-0.3, -0.25) is 0 Å². The molecular weight excluding hydrogens is 435 g/mol. The number of β-amino-alcohol motifs (C(OH)–C–C–N with tert-alkyl or cyclic N) is 1. The summed E-state index contributed by atoms with van der Waals surface area (Å²) in [6.07, 6.45) is 2.00. The Morgan fingerprint density at radius 1 is 1.19 bits per heavy atom. The van der Waals surface area contributed by atoms with Crippen molar-refractivity contribution < 1.29 is 14.2 Å². The van der Waals surface area contributed by atoms with E-state index in [0.717, 1.165) is 41.5 Å². The second-order valence-electron chi connectivity index (χ2n) is 8.40. The number of alkyl halides is 1. The Hall–Kier alpha value is -2.49. The molecular formula is C22H28ClFN6O2. The van der Waals surface area contributed by atoms with Crippen LogP contribution in [0, 0.1) is 6.92 Å². The molecule has 2 aromatic heterocycles. The zero-order valence-electron chi connectivity index (χ0n) is 18.2. The average Bonchev–Trinajstić information content (AvgIpc) is 3.39. The van der Waals surface area contributed by atoms with Gasteiger partial charge >= 0.3 is 6.01 Å². The van der Waals surface area contributed by atoms with Crippen LogP contribution < -0.4 is 15.0 Å². The maximum absolute atomic E-state index is 14.7. The van der Waals surface area contributed by atoms with Crippen molar-refractivity contribution in [1.82, 2.24) is 25.1 Å². The molecule has 2 aliphatic heterocycles. The number of anilines is 1. The summed E-state index contributed by atoms with van der Waals surface area (Å²) in [5.41, 5.74) is 2.97. The molecule has 2 N–H and O–H groups in total. The topological polar surface area (TPSA) is 88.3 Å². The predicted molar refractivity (Wildman–Crippen MR) is 123 cm³/mol. The van der Waals surface area contributed by atoms with Gasteiger partial charge in [0.2, 0.25) is 0 Å². The monoisotopic (exact) mass is 462 g/mol. The number of benzene rings is 1. The van der Waals surface area contributed by atoms with Gasteiger partial charge in [-0.2, -0.15) is 15.1 Å². The van der Waals surface area contributed by atoms with Gasteiger partial charge in [0, 0.05) is 37.0 Å². The van der Waals surface area contributed by atoms with Crippen LogP contribution in [0.2, 0.25) is 0 Å². The van der Waals surface area contributed by atoms with E-state index in [-0.39, 0.29) is 30.4 Å². The molecule has 0 radical (unpaired) electrons. The minimum atomic E-state index is -0.909. The van der Waals surface area contributed by atoms with Crippen LogP contribution in [0.5, 0.6) is 6.01 Å². The molecule has 0 spiro atoms. The van der Waals surface area contributed by atoms with Gasteiger partial charge in [-0.25, -0.2) is 9.07 Å². The summed E-state index contributed by atoms with van der Waals surface area (Å²) >= 11 is 0.